The van der Waals surface area contributed by atoms with Gasteiger partial charge in [-0.25, -0.2) is 0 Å². The monoisotopic (exact) mass is 341 g/mol. The molecule has 25 heavy (non-hydrogen) atoms. The van der Waals surface area contributed by atoms with Crippen molar-refractivity contribution < 1.29 is 19.0 Å². The zero-order valence-electron chi connectivity index (χ0n) is 15.0. The standard InChI is InChI=1S/C20H23NO4/c1-12(2)25-17-8-6-5-7-14(17)15-11-19(22)21-16-9-13(23-3)10-18(24-4)20(15)16/h5-10,12,15H,11H2,1-4H3,(H,21,22). The molecule has 1 aliphatic heterocycles. The van der Waals surface area contributed by atoms with Gasteiger partial charge < -0.3 is 19.5 Å². The Morgan fingerprint density at radius 1 is 1.08 bits per heavy atom. The molecule has 1 N–H and O–H groups in total. The normalized spacial score (nSPS) is 16.2. The number of methoxy groups -OCH3 is 2. The van der Waals surface area contributed by atoms with Crippen LogP contribution in [0.4, 0.5) is 5.69 Å². The molecule has 1 unspecified atom stereocenters. The van der Waals surface area contributed by atoms with Crippen LogP contribution >= 0.6 is 0 Å². The van der Waals surface area contributed by atoms with Crippen molar-refractivity contribution in [3.63, 3.8) is 0 Å². The number of nitrogens with one attached hydrogen (secondary N) is 1. The summed E-state index contributed by atoms with van der Waals surface area (Å²) >= 11 is 0. The van der Waals surface area contributed by atoms with E-state index < -0.39 is 0 Å². The van der Waals surface area contributed by atoms with Gasteiger partial charge in [-0.05, 0) is 19.9 Å². The summed E-state index contributed by atoms with van der Waals surface area (Å²) in [6.07, 6.45) is 0.393. The second-order valence-electron chi connectivity index (χ2n) is 6.30. The van der Waals surface area contributed by atoms with Crippen molar-refractivity contribution in [2.24, 2.45) is 0 Å². The number of rotatable bonds is 5. The first kappa shape index (κ1) is 17.1. The van der Waals surface area contributed by atoms with Gasteiger partial charge in [-0.3, -0.25) is 4.79 Å². The maximum absolute atomic E-state index is 12.3. The lowest BCUT2D eigenvalue weighted by molar-refractivity contribution is -0.116. The van der Waals surface area contributed by atoms with Crippen LogP contribution in [0.3, 0.4) is 0 Å². The van der Waals surface area contributed by atoms with Gasteiger partial charge >= 0.3 is 0 Å². The molecule has 0 aliphatic carbocycles. The fourth-order valence-corrected chi connectivity index (χ4v) is 3.23. The first-order valence-electron chi connectivity index (χ1n) is 8.34. The highest BCUT2D eigenvalue weighted by atomic mass is 16.5. The summed E-state index contributed by atoms with van der Waals surface area (Å²) in [6.45, 7) is 3.98. The molecule has 5 nitrogen and oxygen atoms in total. The van der Waals surface area contributed by atoms with Crippen LogP contribution in [-0.2, 0) is 4.79 Å². The largest absolute Gasteiger partial charge is 0.497 e. The van der Waals surface area contributed by atoms with Crippen LogP contribution in [0.25, 0.3) is 0 Å². The van der Waals surface area contributed by atoms with E-state index in [4.69, 9.17) is 14.2 Å². The summed E-state index contributed by atoms with van der Waals surface area (Å²) in [7, 11) is 3.22. The second-order valence-corrected chi connectivity index (χ2v) is 6.30. The fraction of sp³-hybridized carbons (Fsp3) is 0.350. The average molecular weight is 341 g/mol. The van der Waals surface area contributed by atoms with Gasteiger partial charge in [0.25, 0.3) is 0 Å². The number of para-hydroxylation sites is 1. The van der Waals surface area contributed by atoms with E-state index in [-0.39, 0.29) is 17.9 Å². The fourth-order valence-electron chi connectivity index (χ4n) is 3.23. The van der Waals surface area contributed by atoms with Crippen molar-refractivity contribution in [1.82, 2.24) is 0 Å². The number of benzene rings is 2. The Hall–Kier alpha value is -2.69. The predicted octanol–water partition coefficient (Wildman–Crippen LogP) is 3.97. The molecule has 5 heteroatoms. The summed E-state index contributed by atoms with van der Waals surface area (Å²) < 4.78 is 16.9. The first-order valence-corrected chi connectivity index (χ1v) is 8.34. The second kappa shape index (κ2) is 7.05. The molecule has 2 aromatic carbocycles. The van der Waals surface area contributed by atoms with Gasteiger partial charge in [0.15, 0.2) is 0 Å². The van der Waals surface area contributed by atoms with Crippen molar-refractivity contribution in [2.45, 2.75) is 32.3 Å². The van der Waals surface area contributed by atoms with Gasteiger partial charge in [-0.15, -0.1) is 0 Å². The summed E-state index contributed by atoms with van der Waals surface area (Å²) in [6, 6.07) is 11.5. The van der Waals surface area contributed by atoms with E-state index in [9.17, 15) is 4.79 Å². The lowest BCUT2D eigenvalue weighted by Crippen LogP contribution is -2.24. The Morgan fingerprint density at radius 3 is 2.52 bits per heavy atom. The van der Waals surface area contributed by atoms with Gasteiger partial charge in [0, 0.05) is 35.6 Å². The Labute approximate surface area is 147 Å². The van der Waals surface area contributed by atoms with E-state index in [0.29, 0.717) is 17.9 Å². The zero-order valence-corrected chi connectivity index (χ0v) is 15.0. The van der Waals surface area contributed by atoms with Crippen LogP contribution in [0.15, 0.2) is 36.4 Å². The molecule has 1 amide bonds. The first-order chi connectivity index (χ1) is 12.0. The molecular formula is C20H23NO4. The molecule has 0 saturated carbocycles. The molecule has 0 fully saturated rings. The highest BCUT2D eigenvalue weighted by Crippen LogP contribution is 2.46. The summed E-state index contributed by atoms with van der Waals surface area (Å²) in [5, 5.41) is 2.93. The minimum Gasteiger partial charge on any atom is -0.497 e. The van der Waals surface area contributed by atoms with Gasteiger partial charge in [0.1, 0.15) is 17.2 Å². The Balaban J connectivity index is 2.16. The molecule has 132 valence electrons. The third-order valence-corrected chi connectivity index (χ3v) is 4.24. The molecule has 2 aromatic rings. The van der Waals surface area contributed by atoms with Crippen molar-refractivity contribution >= 4 is 11.6 Å². The maximum Gasteiger partial charge on any atom is 0.225 e. The number of hydrogen-bond acceptors (Lipinski definition) is 4. The molecule has 3 rings (SSSR count). The van der Waals surface area contributed by atoms with Gasteiger partial charge in [0.2, 0.25) is 5.91 Å². The van der Waals surface area contributed by atoms with Gasteiger partial charge in [-0.1, -0.05) is 18.2 Å². The van der Waals surface area contributed by atoms with Crippen molar-refractivity contribution in [3.05, 3.63) is 47.5 Å². The quantitative estimate of drug-likeness (QED) is 0.894. The Bertz CT molecular complexity index is 785. The van der Waals surface area contributed by atoms with E-state index in [1.807, 2.05) is 50.2 Å². The predicted molar refractivity (Wildman–Crippen MR) is 96.8 cm³/mol. The molecule has 0 aromatic heterocycles. The van der Waals surface area contributed by atoms with Crippen molar-refractivity contribution in [2.75, 3.05) is 19.5 Å². The summed E-state index contributed by atoms with van der Waals surface area (Å²) in [5.41, 5.74) is 2.65. The average Bonchev–Trinajstić information content (AvgIpc) is 2.59. The topological polar surface area (TPSA) is 56.8 Å². The van der Waals surface area contributed by atoms with E-state index in [0.717, 1.165) is 22.6 Å². The third kappa shape index (κ3) is 3.40. The number of fused-ring (bicyclic) bond motifs is 1. The van der Waals surface area contributed by atoms with Crippen LogP contribution in [-0.4, -0.2) is 26.2 Å². The molecule has 1 aliphatic rings. The maximum atomic E-state index is 12.3. The van der Waals surface area contributed by atoms with E-state index in [1.165, 1.54) is 0 Å². The van der Waals surface area contributed by atoms with Crippen LogP contribution in [0, 0.1) is 0 Å². The Kier molecular flexibility index (Phi) is 4.83. The van der Waals surface area contributed by atoms with E-state index in [1.54, 1.807) is 14.2 Å². The van der Waals surface area contributed by atoms with E-state index in [2.05, 4.69) is 5.32 Å². The molecular weight excluding hydrogens is 318 g/mol. The molecule has 0 radical (unpaired) electrons. The van der Waals surface area contributed by atoms with Crippen LogP contribution in [0.5, 0.6) is 17.2 Å². The minimum absolute atomic E-state index is 0.0350. The number of carbonyl (C=O) groups excluding carboxylic acids is 1. The highest BCUT2D eigenvalue weighted by molar-refractivity contribution is 5.96. The number of hydrogen-bond donors (Lipinski definition) is 1. The van der Waals surface area contributed by atoms with Gasteiger partial charge in [0.05, 0.1) is 26.0 Å². The lowest BCUT2D eigenvalue weighted by atomic mass is 9.83. The lowest BCUT2D eigenvalue weighted by Gasteiger charge is -2.29. The number of carbonyl (C=O) groups is 1. The van der Waals surface area contributed by atoms with Crippen LogP contribution in [0.1, 0.15) is 37.3 Å². The van der Waals surface area contributed by atoms with Crippen molar-refractivity contribution in [3.8, 4) is 17.2 Å². The zero-order chi connectivity index (χ0) is 18.0. The smallest absolute Gasteiger partial charge is 0.225 e. The number of anilines is 1. The van der Waals surface area contributed by atoms with Gasteiger partial charge in [-0.2, -0.15) is 0 Å². The molecule has 0 spiro atoms. The van der Waals surface area contributed by atoms with Crippen LogP contribution in [0.2, 0.25) is 0 Å². The molecule has 1 heterocycles. The summed E-state index contributed by atoms with van der Waals surface area (Å²) in [4.78, 5) is 12.3. The number of amides is 1. The highest BCUT2D eigenvalue weighted by Gasteiger charge is 2.32. The Morgan fingerprint density at radius 2 is 1.84 bits per heavy atom. The minimum atomic E-state index is -0.139. The molecule has 1 atom stereocenters. The molecule has 0 saturated heterocycles. The number of ether oxygens (including phenoxy) is 3. The molecule has 0 bridgehead atoms. The van der Waals surface area contributed by atoms with E-state index >= 15 is 0 Å². The third-order valence-electron chi connectivity index (χ3n) is 4.24. The SMILES string of the molecule is COc1cc2c(c(OC)c1)C(c1ccccc1OC(C)C)CC(=O)N2. The van der Waals surface area contributed by atoms with Crippen molar-refractivity contribution in [1.29, 1.82) is 0 Å². The summed E-state index contributed by atoms with van der Waals surface area (Å²) in [5.74, 6) is 1.95. The van der Waals surface area contributed by atoms with Crippen LogP contribution < -0.4 is 19.5 Å².